The van der Waals surface area contributed by atoms with E-state index in [1.807, 2.05) is 36.4 Å². The summed E-state index contributed by atoms with van der Waals surface area (Å²) in [6.07, 6.45) is 0. The fourth-order valence-corrected chi connectivity index (χ4v) is 2.46. The number of rotatable bonds is 6. The molecule has 2 aromatic carbocycles. The maximum Gasteiger partial charge on any atom is 0.179 e. The van der Waals surface area contributed by atoms with Crippen LogP contribution in [0.4, 0.5) is 0 Å². The number of hydrogen-bond acceptors (Lipinski definition) is 3. The lowest BCUT2D eigenvalue weighted by molar-refractivity contribution is 0.354. The fraction of sp³-hybridized carbons (Fsp3) is 0.250. The molecule has 0 atom stereocenters. The second kappa shape index (κ2) is 7.55. The molecule has 0 aliphatic carbocycles. The van der Waals surface area contributed by atoms with Crippen LogP contribution in [0.15, 0.2) is 36.4 Å². The summed E-state index contributed by atoms with van der Waals surface area (Å²) in [6, 6.07) is 11.5. The fourth-order valence-electron chi connectivity index (χ4n) is 2.03. The van der Waals surface area contributed by atoms with Crippen molar-refractivity contribution in [3.63, 3.8) is 0 Å². The van der Waals surface area contributed by atoms with Gasteiger partial charge in [0.25, 0.3) is 0 Å². The predicted octanol–water partition coefficient (Wildman–Crippen LogP) is 4.30. The summed E-state index contributed by atoms with van der Waals surface area (Å²) in [5.74, 6) is 1.19. The molecule has 0 heterocycles. The van der Waals surface area contributed by atoms with Crippen molar-refractivity contribution in [1.29, 1.82) is 0 Å². The van der Waals surface area contributed by atoms with Gasteiger partial charge in [-0.05, 0) is 35.4 Å². The first-order valence-corrected chi connectivity index (χ1v) is 7.25. The van der Waals surface area contributed by atoms with Gasteiger partial charge in [-0.25, -0.2) is 0 Å². The first kappa shape index (κ1) is 16.0. The Morgan fingerprint density at radius 3 is 2.19 bits per heavy atom. The van der Waals surface area contributed by atoms with Gasteiger partial charge in [0.2, 0.25) is 0 Å². The van der Waals surface area contributed by atoms with Gasteiger partial charge in [-0.3, -0.25) is 0 Å². The van der Waals surface area contributed by atoms with Crippen LogP contribution in [0.1, 0.15) is 11.1 Å². The van der Waals surface area contributed by atoms with E-state index >= 15 is 0 Å². The smallest absolute Gasteiger partial charge is 0.179 e. The molecule has 5 heteroatoms. The van der Waals surface area contributed by atoms with Crippen LogP contribution in [0.5, 0.6) is 11.5 Å². The molecule has 0 aliphatic heterocycles. The molecule has 0 aromatic heterocycles. The van der Waals surface area contributed by atoms with Crippen LogP contribution in [0.3, 0.4) is 0 Å². The third kappa shape index (κ3) is 4.27. The van der Waals surface area contributed by atoms with Crippen molar-refractivity contribution in [3.8, 4) is 11.5 Å². The highest BCUT2D eigenvalue weighted by molar-refractivity contribution is 6.32. The van der Waals surface area contributed by atoms with Crippen LogP contribution in [-0.2, 0) is 13.1 Å². The lowest BCUT2D eigenvalue weighted by atomic mass is 10.2. The van der Waals surface area contributed by atoms with E-state index in [4.69, 9.17) is 32.7 Å². The Morgan fingerprint density at radius 1 is 0.905 bits per heavy atom. The molecule has 0 radical (unpaired) electrons. The van der Waals surface area contributed by atoms with E-state index in [0.717, 1.165) is 17.1 Å². The summed E-state index contributed by atoms with van der Waals surface area (Å²) in [6.45, 7) is 1.44. The third-order valence-electron chi connectivity index (χ3n) is 3.06. The van der Waals surface area contributed by atoms with Crippen molar-refractivity contribution in [2.45, 2.75) is 13.1 Å². The van der Waals surface area contributed by atoms with Gasteiger partial charge < -0.3 is 14.8 Å². The topological polar surface area (TPSA) is 30.5 Å². The van der Waals surface area contributed by atoms with E-state index in [-0.39, 0.29) is 0 Å². The second-order valence-corrected chi connectivity index (χ2v) is 5.39. The van der Waals surface area contributed by atoms with Crippen molar-refractivity contribution in [1.82, 2.24) is 5.32 Å². The van der Waals surface area contributed by atoms with E-state index in [9.17, 15) is 0 Å². The van der Waals surface area contributed by atoms with Crippen LogP contribution < -0.4 is 14.8 Å². The summed E-state index contributed by atoms with van der Waals surface area (Å²) < 4.78 is 10.5. The molecule has 21 heavy (non-hydrogen) atoms. The molecule has 0 saturated heterocycles. The van der Waals surface area contributed by atoms with Gasteiger partial charge in [0, 0.05) is 18.1 Å². The maximum atomic E-state index is 6.18. The highest BCUT2D eigenvalue weighted by Crippen LogP contribution is 2.35. The SMILES string of the molecule is COc1cc(CNCc2ccc(Cl)cc2)cc(Cl)c1OC. The van der Waals surface area contributed by atoms with Gasteiger partial charge in [-0.1, -0.05) is 35.3 Å². The standard InChI is InChI=1S/C16H17Cl2NO2/c1-20-15-8-12(7-14(18)16(15)21-2)10-19-9-11-3-5-13(17)6-4-11/h3-8,19H,9-10H2,1-2H3. The highest BCUT2D eigenvalue weighted by atomic mass is 35.5. The Hall–Kier alpha value is -1.42. The maximum absolute atomic E-state index is 6.18. The Labute approximate surface area is 134 Å². The quantitative estimate of drug-likeness (QED) is 0.858. The molecule has 0 unspecified atom stereocenters. The molecule has 0 saturated carbocycles. The van der Waals surface area contributed by atoms with E-state index in [1.54, 1.807) is 14.2 Å². The van der Waals surface area contributed by atoms with Gasteiger partial charge >= 0.3 is 0 Å². The summed E-state index contributed by atoms with van der Waals surface area (Å²) in [4.78, 5) is 0. The van der Waals surface area contributed by atoms with E-state index in [2.05, 4.69) is 5.32 Å². The second-order valence-electron chi connectivity index (χ2n) is 4.54. The Kier molecular flexibility index (Phi) is 5.74. The van der Waals surface area contributed by atoms with Crippen molar-refractivity contribution in [2.24, 2.45) is 0 Å². The summed E-state index contributed by atoms with van der Waals surface area (Å²) in [5.41, 5.74) is 2.21. The molecule has 0 spiro atoms. The predicted molar refractivity (Wildman–Crippen MR) is 86.6 cm³/mol. The molecule has 2 aromatic rings. The molecule has 112 valence electrons. The number of ether oxygens (including phenoxy) is 2. The number of hydrogen-bond donors (Lipinski definition) is 1. The molecular weight excluding hydrogens is 309 g/mol. The lowest BCUT2D eigenvalue weighted by Crippen LogP contribution is -2.12. The van der Waals surface area contributed by atoms with Crippen molar-refractivity contribution in [2.75, 3.05) is 14.2 Å². The largest absolute Gasteiger partial charge is 0.493 e. The normalized spacial score (nSPS) is 10.5. The molecule has 3 nitrogen and oxygen atoms in total. The van der Waals surface area contributed by atoms with Gasteiger partial charge in [0.15, 0.2) is 11.5 Å². The van der Waals surface area contributed by atoms with E-state index in [0.29, 0.717) is 23.1 Å². The third-order valence-corrected chi connectivity index (χ3v) is 3.60. The first-order chi connectivity index (χ1) is 10.1. The van der Waals surface area contributed by atoms with Gasteiger partial charge in [-0.2, -0.15) is 0 Å². The molecule has 0 bridgehead atoms. The Morgan fingerprint density at radius 2 is 1.57 bits per heavy atom. The zero-order valence-corrected chi connectivity index (χ0v) is 13.5. The van der Waals surface area contributed by atoms with E-state index < -0.39 is 0 Å². The average molecular weight is 326 g/mol. The van der Waals surface area contributed by atoms with Crippen LogP contribution >= 0.6 is 23.2 Å². The van der Waals surface area contributed by atoms with Crippen LogP contribution in [0.25, 0.3) is 0 Å². The number of nitrogens with one attached hydrogen (secondary N) is 1. The van der Waals surface area contributed by atoms with E-state index in [1.165, 1.54) is 5.56 Å². The zero-order valence-electron chi connectivity index (χ0n) is 12.0. The van der Waals surface area contributed by atoms with Crippen LogP contribution in [-0.4, -0.2) is 14.2 Å². The molecular formula is C16H17Cl2NO2. The van der Waals surface area contributed by atoms with Gasteiger partial charge in [0.1, 0.15) is 0 Å². The zero-order chi connectivity index (χ0) is 15.2. The molecule has 0 amide bonds. The van der Waals surface area contributed by atoms with Crippen molar-refractivity contribution in [3.05, 3.63) is 57.6 Å². The average Bonchev–Trinajstić information content (AvgIpc) is 2.48. The Bertz CT molecular complexity index is 600. The van der Waals surface area contributed by atoms with Crippen molar-refractivity contribution >= 4 is 23.2 Å². The van der Waals surface area contributed by atoms with Crippen LogP contribution in [0.2, 0.25) is 10.0 Å². The van der Waals surface area contributed by atoms with Gasteiger partial charge in [-0.15, -0.1) is 0 Å². The summed E-state index contributed by atoms with van der Waals surface area (Å²) >= 11 is 12.0. The molecule has 1 N–H and O–H groups in total. The lowest BCUT2D eigenvalue weighted by Gasteiger charge is -2.12. The highest BCUT2D eigenvalue weighted by Gasteiger charge is 2.10. The molecule has 2 rings (SSSR count). The number of methoxy groups -OCH3 is 2. The van der Waals surface area contributed by atoms with Crippen molar-refractivity contribution < 1.29 is 9.47 Å². The number of benzene rings is 2. The first-order valence-electron chi connectivity index (χ1n) is 6.49. The molecule has 0 aliphatic rings. The number of halogens is 2. The Balaban J connectivity index is 2.00. The minimum Gasteiger partial charge on any atom is -0.493 e. The van der Waals surface area contributed by atoms with Gasteiger partial charge in [0.05, 0.1) is 19.2 Å². The minimum absolute atomic E-state index is 0.542. The monoisotopic (exact) mass is 325 g/mol. The molecule has 0 fully saturated rings. The minimum atomic E-state index is 0.542. The van der Waals surface area contributed by atoms with Crippen LogP contribution in [0, 0.1) is 0 Å². The summed E-state index contributed by atoms with van der Waals surface area (Å²) in [5, 5.41) is 4.64. The summed E-state index contributed by atoms with van der Waals surface area (Å²) in [7, 11) is 3.17.